The minimum atomic E-state index is -0.323. The first-order chi connectivity index (χ1) is 12.7. The van der Waals surface area contributed by atoms with Crippen LogP contribution in [-0.4, -0.2) is 30.9 Å². The van der Waals surface area contributed by atoms with Crippen molar-refractivity contribution in [3.8, 4) is 0 Å². The standard InChI is InChI=1S/C18H19N5OS2/c1-3-10-23-15(12-14-7-5-4-6-8-14)21-22-18(23)26-13(2)16(24)20-17-19-9-11-25-17/h3-9,11,13H,1,10,12H2,2H3,(H,19,20,24)/t13-/m1/s1. The van der Waals surface area contributed by atoms with Gasteiger partial charge in [0.1, 0.15) is 5.82 Å². The van der Waals surface area contributed by atoms with E-state index in [0.717, 1.165) is 11.4 Å². The number of hydrogen-bond acceptors (Lipinski definition) is 6. The Morgan fingerprint density at radius 3 is 2.88 bits per heavy atom. The molecule has 1 amide bonds. The summed E-state index contributed by atoms with van der Waals surface area (Å²) in [6.45, 7) is 6.26. The van der Waals surface area contributed by atoms with Crippen LogP contribution in [0.4, 0.5) is 5.13 Å². The summed E-state index contributed by atoms with van der Waals surface area (Å²) in [4.78, 5) is 16.4. The van der Waals surface area contributed by atoms with Gasteiger partial charge in [0.15, 0.2) is 10.3 Å². The Morgan fingerprint density at radius 1 is 1.38 bits per heavy atom. The second-order valence-corrected chi connectivity index (χ2v) is 7.75. The molecule has 1 N–H and O–H groups in total. The Bertz CT molecular complexity index is 861. The minimum absolute atomic E-state index is 0.109. The van der Waals surface area contributed by atoms with E-state index >= 15 is 0 Å². The zero-order valence-electron chi connectivity index (χ0n) is 14.3. The van der Waals surface area contributed by atoms with Crippen LogP contribution in [0.3, 0.4) is 0 Å². The molecule has 26 heavy (non-hydrogen) atoms. The summed E-state index contributed by atoms with van der Waals surface area (Å²) in [5.41, 5.74) is 1.16. The fraction of sp³-hybridized carbons (Fsp3) is 0.222. The number of benzene rings is 1. The quantitative estimate of drug-likeness (QED) is 0.473. The molecule has 0 saturated carbocycles. The van der Waals surface area contributed by atoms with Gasteiger partial charge in [-0.25, -0.2) is 4.98 Å². The lowest BCUT2D eigenvalue weighted by atomic mass is 10.1. The van der Waals surface area contributed by atoms with Crippen LogP contribution >= 0.6 is 23.1 Å². The van der Waals surface area contributed by atoms with Gasteiger partial charge in [0.05, 0.1) is 5.25 Å². The lowest BCUT2D eigenvalue weighted by Crippen LogP contribution is -2.22. The van der Waals surface area contributed by atoms with Gasteiger partial charge in [-0.3, -0.25) is 4.79 Å². The van der Waals surface area contributed by atoms with Crippen LogP contribution in [0.15, 0.2) is 59.7 Å². The Morgan fingerprint density at radius 2 is 2.19 bits per heavy atom. The first-order valence-corrected chi connectivity index (χ1v) is 9.87. The second-order valence-electron chi connectivity index (χ2n) is 5.55. The van der Waals surface area contributed by atoms with Crippen LogP contribution in [0.2, 0.25) is 0 Å². The maximum Gasteiger partial charge on any atom is 0.239 e. The molecule has 8 heteroatoms. The van der Waals surface area contributed by atoms with Crippen LogP contribution < -0.4 is 5.32 Å². The van der Waals surface area contributed by atoms with Crippen molar-refractivity contribution in [2.45, 2.75) is 30.3 Å². The highest BCUT2D eigenvalue weighted by Gasteiger charge is 2.20. The maximum atomic E-state index is 12.3. The van der Waals surface area contributed by atoms with E-state index in [2.05, 4.69) is 39.2 Å². The largest absolute Gasteiger partial charge is 0.302 e. The number of nitrogens with one attached hydrogen (secondary N) is 1. The lowest BCUT2D eigenvalue weighted by molar-refractivity contribution is -0.115. The number of carbonyl (C=O) groups excluding carboxylic acids is 1. The van der Waals surface area contributed by atoms with E-state index in [1.165, 1.54) is 23.1 Å². The van der Waals surface area contributed by atoms with Gasteiger partial charge in [-0.1, -0.05) is 48.2 Å². The minimum Gasteiger partial charge on any atom is -0.302 e. The summed E-state index contributed by atoms with van der Waals surface area (Å²) < 4.78 is 2.00. The highest BCUT2D eigenvalue weighted by Crippen LogP contribution is 2.24. The molecule has 2 heterocycles. The number of rotatable bonds is 8. The SMILES string of the molecule is C=CCn1c(Cc2ccccc2)nnc1S[C@H](C)C(=O)Nc1nccs1. The van der Waals surface area contributed by atoms with Crippen LogP contribution in [0.5, 0.6) is 0 Å². The number of anilines is 1. The fourth-order valence-corrected chi connectivity index (χ4v) is 3.74. The molecule has 0 spiro atoms. The predicted octanol–water partition coefficient (Wildman–Crippen LogP) is 3.63. The van der Waals surface area contributed by atoms with Gasteiger partial charge in [0.25, 0.3) is 0 Å². The van der Waals surface area contributed by atoms with Crippen molar-refractivity contribution >= 4 is 34.1 Å². The number of nitrogens with zero attached hydrogens (tertiary/aromatic N) is 4. The van der Waals surface area contributed by atoms with Crippen molar-refractivity contribution in [1.29, 1.82) is 0 Å². The summed E-state index contributed by atoms with van der Waals surface area (Å²) in [7, 11) is 0. The molecule has 3 rings (SSSR count). The molecule has 2 aromatic heterocycles. The van der Waals surface area contributed by atoms with Crippen LogP contribution in [0.25, 0.3) is 0 Å². The Labute approximate surface area is 160 Å². The lowest BCUT2D eigenvalue weighted by Gasteiger charge is -2.12. The van der Waals surface area contributed by atoms with Gasteiger partial charge in [0.2, 0.25) is 5.91 Å². The molecule has 0 bridgehead atoms. The van der Waals surface area contributed by atoms with E-state index < -0.39 is 0 Å². The van der Waals surface area contributed by atoms with E-state index in [1.54, 1.807) is 6.20 Å². The number of thioether (sulfide) groups is 1. The van der Waals surface area contributed by atoms with Gasteiger partial charge < -0.3 is 9.88 Å². The van der Waals surface area contributed by atoms with Crippen LogP contribution in [-0.2, 0) is 17.8 Å². The summed E-state index contributed by atoms with van der Waals surface area (Å²) in [6.07, 6.45) is 4.15. The first-order valence-electron chi connectivity index (χ1n) is 8.11. The average Bonchev–Trinajstić information content (AvgIpc) is 3.28. The van der Waals surface area contributed by atoms with Crippen molar-refractivity contribution in [1.82, 2.24) is 19.7 Å². The topological polar surface area (TPSA) is 72.7 Å². The molecule has 1 aromatic carbocycles. The third-order valence-electron chi connectivity index (χ3n) is 3.62. The smallest absolute Gasteiger partial charge is 0.239 e. The molecule has 0 radical (unpaired) electrons. The van der Waals surface area contributed by atoms with E-state index in [9.17, 15) is 4.79 Å². The van der Waals surface area contributed by atoms with Gasteiger partial charge in [-0.05, 0) is 12.5 Å². The molecular weight excluding hydrogens is 366 g/mol. The average molecular weight is 386 g/mol. The summed E-state index contributed by atoms with van der Waals surface area (Å²) in [6, 6.07) is 10.1. The molecule has 3 aromatic rings. The first kappa shape index (κ1) is 18.3. The number of amides is 1. The molecule has 0 aliphatic carbocycles. The number of carbonyl (C=O) groups is 1. The van der Waals surface area contributed by atoms with Crippen molar-refractivity contribution in [3.63, 3.8) is 0 Å². The Balaban J connectivity index is 1.72. The summed E-state index contributed by atoms with van der Waals surface area (Å²) in [5, 5.41) is 14.2. The summed E-state index contributed by atoms with van der Waals surface area (Å²) >= 11 is 2.77. The Kier molecular flexibility index (Phi) is 6.19. The zero-order valence-corrected chi connectivity index (χ0v) is 16.0. The predicted molar refractivity (Wildman–Crippen MR) is 106 cm³/mol. The van der Waals surface area contributed by atoms with E-state index in [-0.39, 0.29) is 11.2 Å². The summed E-state index contributed by atoms with van der Waals surface area (Å²) in [5.74, 6) is 0.744. The monoisotopic (exact) mass is 385 g/mol. The fourth-order valence-electron chi connectivity index (χ4n) is 2.33. The van der Waals surface area contributed by atoms with Gasteiger partial charge in [-0.2, -0.15) is 0 Å². The number of thiazole rings is 1. The van der Waals surface area contributed by atoms with Gasteiger partial charge in [-0.15, -0.1) is 28.1 Å². The molecule has 0 aliphatic rings. The highest BCUT2D eigenvalue weighted by molar-refractivity contribution is 8.00. The van der Waals surface area contributed by atoms with E-state index in [0.29, 0.717) is 23.3 Å². The molecular formula is C18H19N5OS2. The molecule has 1 atom stereocenters. The third-order valence-corrected chi connectivity index (χ3v) is 5.39. The second kappa shape index (κ2) is 8.77. The van der Waals surface area contributed by atoms with Crippen molar-refractivity contribution < 1.29 is 4.79 Å². The van der Waals surface area contributed by atoms with Crippen molar-refractivity contribution in [3.05, 3.63) is 66.0 Å². The number of aromatic nitrogens is 4. The van der Waals surface area contributed by atoms with Crippen molar-refractivity contribution in [2.75, 3.05) is 5.32 Å². The maximum absolute atomic E-state index is 12.3. The number of allylic oxidation sites excluding steroid dienone is 1. The Hall–Kier alpha value is -2.45. The zero-order chi connectivity index (χ0) is 18.4. The van der Waals surface area contributed by atoms with E-state index in [1.807, 2.05) is 41.1 Å². The molecule has 0 saturated heterocycles. The van der Waals surface area contributed by atoms with E-state index in [4.69, 9.17) is 0 Å². The normalized spacial score (nSPS) is 11.9. The molecule has 134 valence electrons. The van der Waals surface area contributed by atoms with Crippen molar-refractivity contribution in [2.24, 2.45) is 0 Å². The highest BCUT2D eigenvalue weighted by atomic mass is 32.2. The molecule has 0 aliphatic heterocycles. The van der Waals surface area contributed by atoms with Gasteiger partial charge >= 0.3 is 0 Å². The molecule has 0 fully saturated rings. The molecule has 0 unspecified atom stereocenters. The van der Waals surface area contributed by atoms with Crippen LogP contribution in [0.1, 0.15) is 18.3 Å². The van der Waals surface area contributed by atoms with Crippen LogP contribution in [0, 0.1) is 0 Å². The van der Waals surface area contributed by atoms with Gasteiger partial charge in [0, 0.05) is 24.5 Å². The third kappa shape index (κ3) is 4.59. The number of hydrogen-bond donors (Lipinski definition) is 1. The molecule has 6 nitrogen and oxygen atoms in total.